The Kier molecular flexibility index (Phi) is 2.81. The summed E-state index contributed by atoms with van der Waals surface area (Å²) in [6, 6.07) is 3.56. The predicted molar refractivity (Wildman–Crippen MR) is 60.9 cm³/mol. The van der Waals surface area contributed by atoms with Crippen LogP contribution in [-0.2, 0) is 6.42 Å². The van der Waals surface area contributed by atoms with E-state index in [0.29, 0.717) is 5.75 Å². The van der Waals surface area contributed by atoms with Crippen molar-refractivity contribution in [2.75, 3.05) is 0 Å². The van der Waals surface area contributed by atoms with Crippen LogP contribution in [0.3, 0.4) is 0 Å². The lowest BCUT2D eigenvalue weighted by Crippen LogP contribution is -2.22. The van der Waals surface area contributed by atoms with Crippen LogP contribution in [-0.4, -0.2) is 11.0 Å². The summed E-state index contributed by atoms with van der Waals surface area (Å²) in [6.45, 7) is 3.91. The maximum atomic E-state index is 10.9. The van der Waals surface area contributed by atoms with Gasteiger partial charge in [-0.15, -0.1) is 0 Å². The van der Waals surface area contributed by atoms with E-state index in [1.165, 1.54) is 0 Å². The first-order valence-electron chi connectivity index (χ1n) is 5.56. The van der Waals surface area contributed by atoms with Crippen molar-refractivity contribution < 1.29 is 9.66 Å². The van der Waals surface area contributed by atoms with Gasteiger partial charge in [-0.1, -0.05) is 13.0 Å². The second-order valence-electron chi connectivity index (χ2n) is 4.22. The fourth-order valence-corrected chi connectivity index (χ4v) is 2.11. The van der Waals surface area contributed by atoms with E-state index in [1.807, 2.05) is 19.9 Å². The molecule has 1 aromatic carbocycles. The van der Waals surface area contributed by atoms with Crippen LogP contribution >= 0.6 is 0 Å². The van der Waals surface area contributed by atoms with Gasteiger partial charge in [-0.3, -0.25) is 10.1 Å². The minimum atomic E-state index is -0.357. The predicted octanol–water partition coefficient (Wildman–Crippen LogP) is 3.01. The van der Waals surface area contributed by atoms with Gasteiger partial charge in [0.2, 0.25) is 5.75 Å². The van der Waals surface area contributed by atoms with Crippen molar-refractivity contribution in [2.45, 2.75) is 39.2 Å². The van der Waals surface area contributed by atoms with Crippen molar-refractivity contribution in [2.24, 2.45) is 0 Å². The third-order valence-corrected chi connectivity index (χ3v) is 2.96. The molecule has 0 bridgehead atoms. The van der Waals surface area contributed by atoms with Gasteiger partial charge < -0.3 is 4.74 Å². The fraction of sp³-hybridized carbons (Fsp3) is 0.500. The summed E-state index contributed by atoms with van der Waals surface area (Å²) in [5.41, 5.74) is 1.99. The van der Waals surface area contributed by atoms with E-state index in [4.69, 9.17) is 4.74 Å². The molecule has 0 fully saturated rings. The minimum Gasteiger partial charge on any atom is -0.483 e. The summed E-state index contributed by atoms with van der Waals surface area (Å²) >= 11 is 0. The molecule has 86 valence electrons. The van der Waals surface area contributed by atoms with Crippen LogP contribution in [0.5, 0.6) is 5.75 Å². The van der Waals surface area contributed by atoms with Gasteiger partial charge in [0.15, 0.2) is 0 Å². The molecule has 1 aromatic rings. The van der Waals surface area contributed by atoms with E-state index >= 15 is 0 Å². The molecule has 1 aliphatic rings. The second kappa shape index (κ2) is 4.12. The molecule has 0 radical (unpaired) electrons. The van der Waals surface area contributed by atoms with E-state index in [9.17, 15) is 10.1 Å². The van der Waals surface area contributed by atoms with Gasteiger partial charge in [0.25, 0.3) is 0 Å². The molecule has 0 amide bonds. The molecule has 0 aromatic heterocycles. The highest BCUT2D eigenvalue weighted by molar-refractivity contribution is 5.55. The standard InChI is InChI=1S/C12H15NO3/c1-3-10-5-4-9-6-8(2)7-11(13(14)15)12(9)16-10/h6-7,10H,3-5H2,1-2H3. The van der Waals surface area contributed by atoms with Gasteiger partial charge in [-0.25, -0.2) is 0 Å². The van der Waals surface area contributed by atoms with Crippen LogP contribution in [0, 0.1) is 17.0 Å². The molecule has 0 aliphatic carbocycles. The zero-order valence-corrected chi connectivity index (χ0v) is 9.53. The zero-order chi connectivity index (χ0) is 11.7. The number of aryl methyl sites for hydroxylation is 2. The van der Waals surface area contributed by atoms with Gasteiger partial charge in [0, 0.05) is 11.6 Å². The van der Waals surface area contributed by atoms with Crippen LogP contribution in [0.15, 0.2) is 12.1 Å². The van der Waals surface area contributed by atoms with Crippen LogP contribution in [0.4, 0.5) is 5.69 Å². The molecule has 1 atom stereocenters. The summed E-state index contributed by atoms with van der Waals surface area (Å²) in [7, 11) is 0. The van der Waals surface area contributed by atoms with Crippen molar-refractivity contribution in [3.8, 4) is 5.75 Å². The van der Waals surface area contributed by atoms with E-state index in [0.717, 1.165) is 30.4 Å². The Balaban J connectivity index is 2.47. The number of hydrogen-bond acceptors (Lipinski definition) is 3. The Hall–Kier alpha value is -1.58. The molecule has 1 heterocycles. The van der Waals surface area contributed by atoms with Crippen molar-refractivity contribution in [3.63, 3.8) is 0 Å². The van der Waals surface area contributed by atoms with E-state index in [2.05, 4.69) is 0 Å². The molecule has 0 spiro atoms. The quantitative estimate of drug-likeness (QED) is 0.569. The number of ether oxygens (including phenoxy) is 1. The monoisotopic (exact) mass is 221 g/mol. The Labute approximate surface area is 94.4 Å². The molecular formula is C12H15NO3. The normalized spacial score (nSPS) is 18.8. The third kappa shape index (κ3) is 1.87. The minimum absolute atomic E-state index is 0.105. The van der Waals surface area contributed by atoms with Gasteiger partial charge in [-0.05, 0) is 31.7 Å². The van der Waals surface area contributed by atoms with Crippen molar-refractivity contribution in [3.05, 3.63) is 33.4 Å². The maximum Gasteiger partial charge on any atom is 0.311 e. The van der Waals surface area contributed by atoms with Crippen LogP contribution in [0.2, 0.25) is 0 Å². The van der Waals surface area contributed by atoms with Gasteiger partial charge in [0.05, 0.1) is 11.0 Å². The highest BCUT2D eigenvalue weighted by atomic mass is 16.6. The molecule has 0 saturated heterocycles. The highest BCUT2D eigenvalue weighted by Gasteiger charge is 2.26. The molecule has 1 unspecified atom stereocenters. The maximum absolute atomic E-state index is 10.9. The average molecular weight is 221 g/mol. The summed E-state index contributed by atoms with van der Waals surface area (Å²) in [5, 5.41) is 10.9. The lowest BCUT2D eigenvalue weighted by molar-refractivity contribution is -0.386. The molecule has 0 N–H and O–H groups in total. The lowest BCUT2D eigenvalue weighted by Gasteiger charge is -2.25. The lowest BCUT2D eigenvalue weighted by atomic mass is 9.98. The van der Waals surface area contributed by atoms with Crippen molar-refractivity contribution in [1.82, 2.24) is 0 Å². The fourth-order valence-electron chi connectivity index (χ4n) is 2.11. The van der Waals surface area contributed by atoms with Crippen molar-refractivity contribution in [1.29, 1.82) is 0 Å². The SMILES string of the molecule is CCC1CCc2cc(C)cc([N+](=O)[O-])c2O1. The number of benzene rings is 1. The van der Waals surface area contributed by atoms with E-state index in [-0.39, 0.29) is 16.7 Å². The smallest absolute Gasteiger partial charge is 0.311 e. The Morgan fingerprint density at radius 1 is 1.56 bits per heavy atom. The Morgan fingerprint density at radius 3 is 2.94 bits per heavy atom. The second-order valence-corrected chi connectivity index (χ2v) is 4.22. The average Bonchev–Trinajstić information content (AvgIpc) is 2.27. The number of nitrogens with zero attached hydrogens (tertiary/aromatic N) is 1. The van der Waals surface area contributed by atoms with Crippen LogP contribution in [0.1, 0.15) is 30.9 Å². The number of nitro benzene ring substituents is 1. The molecule has 4 nitrogen and oxygen atoms in total. The highest BCUT2D eigenvalue weighted by Crippen LogP contribution is 2.37. The third-order valence-electron chi connectivity index (χ3n) is 2.96. The molecular weight excluding hydrogens is 206 g/mol. The number of rotatable bonds is 2. The zero-order valence-electron chi connectivity index (χ0n) is 9.53. The van der Waals surface area contributed by atoms with Crippen LogP contribution in [0.25, 0.3) is 0 Å². The number of hydrogen-bond donors (Lipinski definition) is 0. The molecule has 16 heavy (non-hydrogen) atoms. The molecule has 2 rings (SSSR count). The Bertz CT molecular complexity index is 429. The summed E-state index contributed by atoms with van der Waals surface area (Å²) in [4.78, 5) is 10.6. The molecule has 1 aliphatic heterocycles. The first-order chi connectivity index (χ1) is 7.61. The van der Waals surface area contributed by atoms with Crippen LogP contribution < -0.4 is 4.74 Å². The first kappa shape index (κ1) is 10.9. The topological polar surface area (TPSA) is 52.4 Å². The number of nitro groups is 1. The molecule has 4 heteroatoms. The number of fused-ring (bicyclic) bond motifs is 1. The Morgan fingerprint density at radius 2 is 2.31 bits per heavy atom. The van der Waals surface area contributed by atoms with E-state index < -0.39 is 0 Å². The summed E-state index contributed by atoms with van der Waals surface area (Å²) in [6.07, 6.45) is 2.83. The van der Waals surface area contributed by atoms with Gasteiger partial charge in [0.1, 0.15) is 0 Å². The first-order valence-corrected chi connectivity index (χ1v) is 5.56. The summed E-state index contributed by atoms with van der Waals surface area (Å²) in [5.74, 6) is 0.480. The summed E-state index contributed by atoms with van der Waals surface area (Å²) < 4.78 is 5.69. The largest absolute Gasteiger partial charge is 0.483 e. The van der Waals surface area contributed by atoms with Crippen molar-refractivity contribution >= 4 is 5.69 Å². The molecule has 0 saturated carbocycles. The van der Waals surface area contributed by atoms with Gasteiger partial charge >= 0.3 is 5.69 Å². The van der Waals surface area contributed by atoms with E-state index in [1.54, 1.807) is 6.07 Å². The van der Waals surface area contributed by atoms with Gasteiger partial charge in [-0.2, -0.15) is 0 Å².